The normalized spacial score (nSPS) is 23.0. The summed E-state index contributed by atoms with van der Waals surface area (Å²) in [5, 5.41) is 3.45. The van der Waals surface area contributed by atoms with E-state index in [9.17, 15) is 9.59 Å². The van der Waals surface area contributed by atoms with Gasteiger partial charge in [-0.1, -0.05) is 35.6 Å². The maximum Gasteiger partial charge on any atom is 0.252 e. The number of benzene rings is 1. The van der Waals surface area contributed by atoms with Gasteiger partial charge < -0.3 is 10.1 Å². The Bertz CT molecular complexity index is 751. The molecule has 2 fully saturated rings. The highest BCUT2D eigenvalue weighted by Crippen LogP contribution is 2.36. The molecule has 1 unspecified atom stereocenters. The van der Waals surface area contributed by atoms with Crippen molar-refractivity contribution < 1.29 is 14.3 Å². The van der Waals surface area contributed by atoms with E-state index in [0.717, 1.165) is 19.6 Å². The Morgan fingerprint density at radius 3 is 2.57 bits per heavy atom. The predicted molar refractivity (Wildman–Crippen MR) is 116 cm³/mol. The largest absolute Gasteiger partial charge is 0.379 e. The molecule has 2 amide bonds. The summed E-state index contributed by atoms with van der Waals surface area (Å²) in [5.41, 5.74) is 0.464. The van der Waals surface area contributed by atoms with E-state index in [1.165, 1.54) is 11.8 Å². The van der Waals surface area contributed by atoms with E-state index in [4.69, 9.17) is 28.6 Å². The van der Waals surface area contributed by atoms with Gasteiger partial charge in [-0.3, -0.25) is 19.4 Å². The lowest BCUT2D eigenvalue weighted by atomic mass is 10.0. The van der Waals surface area contributed by atoms with Crippen molar-refractivity contribution in [2.24, 2.45) is 0 Å². The van der Waals surface area contributed by atoms with Gasteiger partial charge in [0.1, 0.15) is 10.4 Å². The molecule has 2 heterocycles. The minimum atomic E-state index is -0.669. The number of amides is 2. The molecular weight excluding hydrogens is 418 g/mol. The van der Waals surface area contributed by atoms with Gasteiger partial charge in [0, 0.05) is 41.5 Å². The van der Waals surface area contributed by atoms with E-state index in [2.05, 4.69) is 10.2 Å². The van der Waals surface area contributed by atoms with Crippen LogP contribution in [0.2, 0.25) is 5.02 Å². The molecule has 1 aromatic rings. The Hall–Kier alpha value is -1.19. The van der Waals surface area contributed by atoms with Crippen LogP contribution in [0.5, 0.6) is 0 Å². The van der Waals surface area contributed by atoms with Crippen LogP contribution in [-0.4, -0.2) is 76.1 Å². The zero-order valence-corrected chi connectivity index (χ0v) is 18.3. The summed E-state index contributed by atoms with van der Waals surface area (Å²) in [6.07, 6.45) is 0. The third-order valence-electron chi connectivity index (χ3n) is 4.90. The molecule has 3 rings (SSSR count). The highest BCUT2D eigenvalue weighted by atomic mass is 35.5. The average Bonchev–Trinajstić information content (AvgIpc) is 2.65. The molecule has 0 aromatic heterocycles. The van der Waals surface area contributed by atoms with E-state index in [0.29, 0.717) is 34.7 Å². The van der Waals surface area contributed by atoms with Gasteiger partial charge >= 0.3 is 0 Å². The Kier molecular flexibility index (Phi) is 6.98. The standard InChI is InChI=1S/C19H24ClN3O3S2/c1-19(2)15(21-16(24)13-3-5-14(20)6-4-13)17(25)23(18(27)28-19)8-7-22-9-11-26-12-10-22/h3-6,15H,7-12H2,1-2H3,(H,21,24). The van der Waals surface area contributed by atoms with Crippen LogP contribution in [0, 0.1) is 0 Å². The van der Waals surface area contributed by atoms with Gasteiger partial charge in [0.25, 0.3) is 11.8 Å². The third kappa shape index (κ3) is 5.04. The number of nitrogens with one attached hydrogen (secondary N) is 1. The van der Waals surface area contributed by atoms with Crippen LogP contribution in [0.15, 0.2) is 24.3 Å². The molecule has 2 saturated heterocycles. The Morgan fingerprint density at radius 2 is 1.93 bits per heavy atom. The number of hydrogen-bond donors (Lipinski definition) is 1. The van der Waals surface area contributed by atoms with Crippen LogP contribution in [0.3, 0.4) is 0 Å². The Morgan fingerprint density at radius 1 is 1.29 bits per heavy atom. The number of carbonyl (C=O) groups excluding carboxylic acids is 2. The van der Waals surface area contributed by atoms with E-state index >= 15 is 0 Å². The van der Waals surface area contributed by atoms with Gasteiger partial charge in [-0.2, -0.15) is 0 Å². The summed E-state index contributed by atoms with van der Waals surface area (Å²) in [6.45, 7) is 8.21. The number of nitrogens with zero attached hydrogens (tertiary/aromatic N) is 2. The van der Waals surface area contributed by atoms with Crippen molar-refractivity contribution in [3.63, 3.8) is 0 Å². The highest BCUT2D eigenvalue weighted by molar-refractivity contribution is 8.24. The van der Waals surface area contributed by atoms with Gasteiger partial charge in [0.05, 0.1) is 13.2 Å². The minimum Gasteiger partial charge on any atom is -0.379 e. The molecule has 1 aromatic carbocycles. The summed E-state index contributed by atoms with van der Waals surface area (Å²) in [7, 11) is 0. The van der Waals surface area contributed by atoms with Crippen molar-refractivity contribution in [3.05, 3.63) is 34.9 Å². The number of halogens is 1. The van der Waals surface area contributed by atoms with Gasteiger partial charge in [0.2, 0.25) is 0 Å². The number of thioether (sulfide) groups is 1. The highest BCUT2D eigenvalue weighted by Gasteiger charge is 2.46. The molecule has 0 radical (unpaired) electrons. The fraction of sp³-hybridized carbons (Fsp3) is 0.526. The number of carbonyl (C=O) groups is 2. The maximum absolute atomic E-state index is 13.2. The molecule has 0 aliphatic carbocycles. The second-order valence-electron chi connectivity index (χ2n) is 7.33. The number of hydrogen-bond acceptors (Lipinski definition) is 6. The fourth-order valence-electron chi connectivity index (χ4n) is 3.20. The van der Waals surface area contributed by atoms with Crippen LogP contribution in [0.25, 0.3) is 0 Å². The van der Waals surface area contributed by atoms with Crippen molar-refractivity contribution in [1.82, 2.24) is 15.1 Å². The first-order valence-corrected chi connectivity index (χ1v) is 10.8. The predicted octanol–water partition coefficient (Wildman–Crippen LogP) is 2.41. The molecule has 2 aliphatic heterocycles. The van der Waals surface area contributed by atoms with Gasteiger partial charge in [0.15, 0.2) is 0 Å². The molecule has 0 saturated carbocycles. The summed E-state index contributed by atoms with van der Waals surface area (Å²) in [4.78, 5) is 29.7. The van der Waals surface area contributed by atoms with E-state index in [1.54, 1.807) is 29.2 Å². The quantitative estimate of drug-likeness (QED) is 0.708. The maximum atomic E-state index is 13.2. The molecule has 28 heavy (non-hydrogen) atoms. The first-order valence-electron chi connectivity index (χ1n) is 9.19. The van der Waals surface area contributed by atoms with Crippen LogP contribution in [0.4, 0.5) is 0 Å². The van der Waals surface area contributed by atoms with Crippen molar-refractivity contribution in [2.75, 3.05) is 39.4 Å². The van der Waals surface area contributed by atoms with E-state index in [-0.39, 0.29) is 11.8 Å². The summed E-state index contributed by atoms with van der Waals surface area (Å²) in [5.74, 6) is -0.464. The lowest BCUT2D eigenvalue weighted by Crippen LogP contribution is -2.63. The summed E-state index contributed by atoms with van der Waals surface area (Å²) in [6, 6.07) is 5.93. The number of thiocarbonyl (C=S) groups is 1. The summed E-state index contributed by atoms with van der Waals surface area (Å²) < 4.78 is 5.38. The second kappa shape index (κ2) is 9.09. The van der Waals surface area contributed by atoms with Gasteiger partial charge in [-0.25, -0.2) is 0 Å². The lowest BCUT2D eigenvalue weighted by molar-refractivity contribution is -0.130. The van der Waals surface area contributed by atoms with Gasteiger partial charge in [-0.15, -0.1) is 0 Å². The molecule has 0 bridgehead atoms. The zero-order valence-electron chi connectivity index (χ0n) is 15.9. The molecule has 6 nitrogen and oxygen atoms in total. The molecular formula is C19H24ClN3O3S2. The molecule has 0 spiro atoms. The van der Waals surface area contributed by atoms with Gasteiger partial charge in [-0.05, 0) is 38.1 Å². The van der Waals surface area contributed by atoms with Crippen molar-refractivity contribution in [1.29, 1.82) is 0 Å². The van der Waals surface area contributed by atoms with Crippen molar-refractivity contribution in [3.8, 4) is 0 Å². The Labute approximate surface area is 179 Å². The van der Waals surface area contributed by atoms with E-state index < -0.39 is 10.8 Å². The topological polar surface area (TPSA) is 61.9 Å². The minimum absolute atomic E-state index is 0.163. The molecule has 152 valence electrons. The smallest absolute Gasteiger partial charge is 0.252 e. The second-order valence-corrected chi connectivity index (χ2v) is 10.1. The van der Waals surface area contributed by atoms with Crippen molar-refractivity contribution >= 4 is 51.7 Å². The van der Waals surface area contributed by atoms with Crippen LogP contribution in [-0.2, 0) is 9.53 Å². The number of rotatable bonds is 5. The number of ether oxygens (including phenoxy) is 1. The first-order chi connectivity index (χ1) is 13.3. The van der Waals surface area contributed by atoms with Crippen LogP contribution < -0.4 is 5.32 Å². The number of morpholine rings is 1. The average molecular weight is 442 g/mol. The molecule has 9 heteroatoms. The molecule has 1 N–H and O–H groups in total. The van der Waals surface area contributed by atoms with Crippen LogP contribution in [0.1, 0.15) is 24.2 Å². The van der Waals surface area contributed by atoms with Crippen LogP contribution >= 0.6 is 35.6 Å². The van der Waals surface area contributed by atoms with E-state index in [1.807, 2.05) is 13.8 Å². The lowest BCUT2D eigenvalue weighted by Gasteiger charge is -2.43. The molecule has 1 atom stereocenters. The van der Waals surface area contributed by atoms with Crippen molar-refractivity contribution in [2.45, 2.75) is 24.6 Å². The zero-order chi connectivity index (χ0) is 20.3. The first kappa shape index (κ1) is 21.5. The molecule has 2 aliphatic rings. The SMILES string of the molecule is CC1(C)SC(=S)N(CCN2CCOCC2)C(=O)C1NC(=O)c1ccc(Cl)cc1. The fourth-order valence-corrected chi connectivity index (χ4v) is 5.17. The Balaban J connectivity index is 1.69. The monoisotopic (exact) mass is 441 g/mol. The summed E-state index contributed by atoms with van der Waals surface area (Å²) >= 11 is 12.8. The third-order valence-corrected chi connectivity index (χ3v) is 6.78.